The molecule has 0 saturated carbocycles. The molecule has 1 aliphatic heterocycles. The van der Waals surface area contributed by atoms with Gasteiger partial charge in [-0.1, -0.05) is 103 Å². The summed E-state index contributed by atoms with van der Waals surface area (Å²) in [4.78, 5) is 18.1. The third-order valence-electron chi connectivity index (χ3n) is 7.74. The maximum atomic E-state index is 13.9. The van der Waals surface area contributed by atoms with Crippen LogP contribution in [0.5, 0.6) is 0 Å². The lowest BCUT2D eigenvalue weighted by molar-refractivity contribution is -0.133. The lowest BCUT2D eigenvalue weighted by atomic mass is 9.96. The van der Waals surface area contributed by atoms with Crippen LogP contribution >= 0.6 is 0 Å². The highest BCUT2D eigenvalue weighted by atomic mass is 32.2. The number of amides is 1. The van der Waals surface area contributed by atoms with Gasteiger partial charge in [0.1, 0.15) is 0 Å². The van der Waals surface area contributed by atoms with Crippen LogP contribution in [0.3, 0.4) is 0 Å². The van der Waals surface area contributed by atoms with Crippen molar-refractivity contribution in [2.24, 2.45) is 0 Å². The molecule has 1 saturated heterocycles. The summed E-state index contributed by atoms with van der Waals surface area (Å²) in [5.41, 5.74) is 4.80. The Bertz CT molecular complexity index is 1510. The highest BCUT2D eigenvalue weighted by molar-refractivity contribution is 7.89. The van der Waals surface area contributed by atoms with Crippen LogP contribution in [-0.2, 0) is 21.4 Å². The predicted octanol–water partition coefficient (Wildman–Crippen LogP) is 5.43. The summed E-state index contributed by atoms with van der Waals surface area (Å²) in [7, 11) is -3.91. The number of benzene rings is 4. The number of hydrogen-bond donors (Lipinski definition) is 0. The zero-order chi connectivity index (χ0) is 28.8. The first-order valence-corrected chi connectivity index (χ1v) is 15.5. The number of rotatable bonds is 9. The summed E-state index contributed by atoms with van der Waals surface area (Å²) < 4.78 is 29.2. The van der Waals surface area contributed by atoms with E-state index in [1.54, 1.807) is 17.9 Å². The van der Waals surface area contributed by atoms with Gasteiger partial charge in [0.2, 0.25) is 15.9 Å². The summed E-state index contributed by atoms with van der Waals surface area (Å²) in [5.74, 6) is -0.176. The Morgan fingerprint density at radius 1 is 0.756 bits per heavy atom. The standard InChI is InChI=1S/C34H37N3O3S/c1-27-18-19-28(2)32(24-27)41(39,40)37(25-29-12-6-3-7-13-29)26-33(38)35-20-22-36(23-21-35)34(30-14-8-4-9-15-30)31-16-10-5-11-17-31/h3-19,24,34H,20-23,25-26H2,1-2H3. The van der Waals surface area contributed by atoms with E-state index in [0.717, 1.165) is 11.1 Å². The summed E-state index contributed by atoms with van der Waals surface area (Å²) in [5, 5.41) is 0. The number of carbonyl (C=O) groups excluding carboxylic acids is 1. The number of carbonyl (C=O) groups is 1. The van der Waals surface area contributed by atoms with E-state index >= 15 is 0 Å². The van der Waals surface area contributed by atoms with E-state index in [-0.39, 0.29) is 29.9 Å². The zero-order valence-corrected chi connectivity index (χ0v) is 24.5. The van der Waals surface area contributed by atoms with E-state index in [4.69, 9.17) is 0 Å². The maximum Gasteiger partial charge on any atom is 0.244 e. The van der Waals surface area contributed by atoms with Crippen molar-refractivity contribution in [3.63, 3.8) is 0 Å². The lowest BCUT2D eigenvalue weighted by Crippen LogP contribution is -2.52. The van der Waals surface area contributed by atoms with Gasteiger partial charge in [0.05, 0.1) is 17.5 Å². The molecule has 1 fully saturated rings. The summed E-state index contributed by atoms with van der Waals surface area (Å²) >= 11 is 0. The summed E-state index contributed by atoms with van der Waals surface area (Å²) in [6, 6.07) is 35.8. The highest BCUT2D eigenvalue weighted by Gasteiger charge is 2.32. The van der Waals surface area contributed by atoms with Crippen LogP contribution < -0.4 is 0 Å². The van der Waals surface area contributed by atoms with E-state index in [1.165, 1.54) is 15.4 Å². The minimum Gasteiger partial charge on any atom is -0.339 e. The second kappa shape index (κ2) is 12.8. The molecular formula is C34H37N3O3S. The van der Waals surface area contributed by atoms with Crippen molar-refractivity contribution in [2.75, 3.05) is 32.7 Å². The van der Waals surface area contributed by atoms with Gasteiger partial charge >= 0.3 is 0 Å². The van der Waals surface area contributed by atoms with Crippen LogP contribution in [0.25, 0.3) is 0 Å². The van der Waals surface area contributed by atoms with Gasteiger partial charge in [0, 0.05) is 32.7 Å². The first-order chi connectivity index (χ1) is 19.8. The van der Waals surface area contributed by atoms with Gasteiger partial charge in [-0.25, -0.2) is 8.42 Å². The van der Waals surface area contributed by atoms with E-state index in [9.17, 15) is 13.2 Å². The minimum absolute atomic E-state index is 0.0916. The van der Waals surface area contributed by atoms with E-state index in [1.807, 2.05) is 61.5 Å². The summed E-state index contributed by atoms with van der Waals surface area (Å²) in [6.07, 6.45) is 0. The molecule has 1 heterocycles. The van der Waals surface area contributed by atoms with Crippen LogP contribution in [0.1, 0.15) is 33.9 Å². The SMILES string of the molecule is Cc1ccc(C)c(S(=O)(=O)N(CC(=O)N2CCN(C(c3ccccc3)c3ccccc3)CC2)Cc2ccccc2)c1. The molecular weight excluding hydrogens is 530 g/mol. The molecule has 4 aromatic carbocycles. The largest absolute Gasteiger partial charge is 0.339 e. The molecule has 0 N–H and O–H groups in total. The quantitative estimate of drug-likeness (QED) is 0.271. The molecule has 0 radical (unpaired) electrons. The van der Waals surface area contributed by atoms with Gasteiger partial charge in [0.15, 0.2) is 0 Å². The fourth-order valence-corrected chi connectivity index (χ4v) is 7.19. The van der Waals surface area contributed by atoms with Crippen molar-refractivity contribution in [3.05, 3.63) is 137 Å². The number of nitrogens with zero attached hydrogens (tertiary/aromatic N) is 3. The van der Waals surface area contributed by atoms with E-state index < -0.39 is 10.0 Å². The Labute approximate surface area is 243 Å². The third kappa shape index (κ3) is 6.76. The molecule has 4 aromatic rings. The molecule has 6 nitrogen and oxygen atoms in total. The van der Waals surface area contributed by atoms with Crippen LogP contribution in [0.15, 0.2) is 114 Å². The molecule has 7 heteroatoms. The molecule has 0 atom stereocenters. The average Bonchev–Trinajstić information content (AvgIpc) is 3.00. The van der Waals surface area contributed by atoms with Crippen LogP contribution in [0, 0.1) is 13.8 Å². The normalized spacial score (nSPS) is 14.5. The molecule has 1 amide bonds. The van der Waals surface area contributed by atoms with Gasteiger partial charge in [0.25, 0.3) is 0 Å². The molecule has 0 bridgehead atoms. The Balaban J connectivity index is 1.34. The molecule has 0 unspecified atom stereocenters. The molecule has 0 aliphatic carbocycles. The van der Waals surface area contributed by atoms with Gasteiger partial charge < -0.3 is 4.90 Å². The van der Waals surface area contributed by atoms with Crippen molar-refractivity contribution < 1.29 is 13.2 Å². The number of hydrogen-bond acceptors (Lipinski definition) is 4. The van der Waals surface area contributed by atoms with Crippen molar-refractivity contribution in [1.82, 2.24) is 14.1 Å². The Morgan fingerprint density at radius 3 is 1.85 bits per heavy atom. The van der Waals surface area contributed by atoms with Crippen LogP contribution in [-0.4, -0.2) is 61.2 Å². The predicted molar refractivity (Wildman–Crippen MR) is 163 cm³/mol. The van der Waals surface area contributed by atoms with E-state index in [2.05, 4.69) is 53.4 Å². The average molecular weight is 568 g/mol. The Hall–Kier alpha value is -3.78. The van der Waals surface area contributed by atoms with Crippen molar-refractivity contribution >= 4 is 15.9 Å². The highest BCUT2D eigenvalue weighted by Crippen LogP contribution is 2.30. The first kappa shape index (κ1) is 28.7. The zero-order valence-electron chi connectivity index (χ0n) is 23.7. The van der Waals surface area contributed by atoms with Crippen LogP contribution in [0.4, 0.5) is 0 Å². The van der Waals surface area contributed by atoms with Gasteiger partial charge in [-0.05, 0) is 47.7 Å². The fourth-order valence-electron chi connectivity index (χ4n) is 5.50. The van der Waals surface area contributed by atoms with Gasteiger partial charge in [-0.2, -0.15) is 4.31 Å². The van der Waals surface area contributed by atoms with Crippen molar-refractivity contribution in [2.45, 2.75) is 31.3 Å². The molecule has 41 heavy (non-hydrogen) atoms. The second-order valence-corrected chi connectivity index (χ2v) is 12.6. The first-order valence-electron chi connectivity index (χ1n) is 14.1. The number of piperazine rings is 1. The molecule has 0 spiro atoms. The van der Waals surface area contributed by atoms with E-state index in [0.29, 0.717) is 31.7 Å². The van der Waals surface area contributed by atoms with Gasteiger partial charge in [-0.15, -0.1) is 0 Å². The van der Waals surface area contributed by atoms with Crippen LogP contribution in [0.2, 0.25) is 0 Å². The Morgan fingerprint density at radius 2 is 1.29 bits per heavy atom. The Kier molecular flexibility index (Phi) is 8.98. The minimum atomic E-state index is -3.91. The molecule has 212 valence electrons. The molecule has 0 aromatic heterocycles. The molecule has 5 rings (SSSR count). The maximum absolute atomic E-state index is 13.9. The second-order valence-electron chi connectivity index (χ2n) is 10.7. The fraction of sp³-hybridized carbons (Fsp3) is 0.265. The molecule has 1 aliphatic rings. The number of sulfonamides is 1. The third-order valence-corrected chi connectivity index (χ3v) is 9.67. The topological polar surface area (TPSA) is 60.9 Å². The van der Waals surface area contributed by atoms with Crippen molar-refractivity contribution in [1.29, 1.82) is 0 Å². The van der Waals surface area contributed by atoms with Gasteiger partial charge in [-0.3, -0.25) is 9.69 Å². The smallest absolute Gasteiger partial charge is 0.244 e. The lowest BCUT2D eigenvalue weighted by Gasteiger charge is -2.40. The summed E-state index contributed by atoms with van der Waals surface area (Å²) in [6.45, 7) is 6.07. The number of aryl methyl sites for hydroxylation is 2. The van der Waals surface area contributed by atoms with Crippen molar-refractivity contribution in [3.8, 4) is 0 Å². The monoisotopic (exact) mass is 567 g/mol.